The van der Waals surface area contributed by atoms with Crippen LogP contribution in [-0.4, -0.2) is 12.4 Å². The minimum Gasteiger partial charge on any atom is -0.494 e. The third kappa shape index (κ3) is 4.28. The van der Waals surface area contributed by atoms with Crippen molar-refractivity contribution in [2.45, 2.75) is 26.2 Å². The standard InChI is InChI=1S/C28H26O2/c1-2-3-9-20-30-24-17-14-23(15-18-24)28(29)26-19-16-21-10-7-8-13-25(21)27(26)22-11-5-4-6-12-22/h4-8,10-19H,2-3,9,20H2,1H3. The maximum Gasteiger partial charge on any atom is 0.193 e. The molecular formula is C28H26O2. The summed E-state index contributed by atoms with van der Waals surface area (Å²) < 4.78 is 5.79. The zero-order valence-electron chi connectivity index (χ0n) is 17.3. The van der Waals surface area contributed by atoms with E-state index in [0.29, 0.717) is 12.2 Å². The molecule has 0 aliphatic carbocycles. The van der Waals surface area contributed by atoms with Gasteiger partial charge in [0, 0.05) is 16.7 Å². The molecule has 0 spiro atoms. The van der Waals surface area contributed by atoms with E-state index in [0.717, 1.165) is 39.6 Å². The van der Waals surface area contributed by atoms with Gasteiger partial charge in [0.1, 0.15) is 5.75 Å². The molecule has 0 unspecified atom stereocenters. The lowest BCUT2D eigenvalue weighted by atomic mass is 9.89. The summed E-state index contributed by atoms with van der Waals surface area (Å²) >= 11 is 0. The van der Waals surface area contributed by atoms with Crippen LogP contribution in [0.4, 0.5) is 0 Å². The van der Waals surface area contributed by atoms with Gasteiger partial charge < -0.3 is 4.74 Å². The molecule has 4 aromatic rings. The monoisotopic (exact) mass is 394 g/mol. The van der Waals surface area contributed by atoms with Crippen molar-refractivity contribution in [2.24, 2.45) is 0 Å². The van der Waals surface area contributed by atoms with Crippen LogP contribution in [0.5, 0.6) is 5.75 Å². The number of hydrogen-bond donors (Lipinski definition) is 0. The molecular weight excluding hydrogens is 368 g/mol. The maximum atomic E-state index is 13.5. The maximum absolute atomic E-state index is 13.5. The molecule has 0 aliphatic heterocycles. The fourth-order valence-corrected chi connectivity index (χ4v) is 3.78. The molecule has 0 N–H and O–H groups in total. The lowest BCUT2D eigenvalue weighted by molar-refractivity contribution is 0.103. The van der Waals surface area contributed by atoms with Gasteiger partial charge in [-0.25, -0.2) is 0 Å². The van der Waals surface area contributed by atoms with Crippen molar-refractivity contribution < 1.29 is 9.53 Å². The first-order valence-corrected chi connectivity index (χ1v) is 10.6. The van der Waals surface area contributed by atoms with Crippen molar-refractivity contribution in [1.29, 1.82) is 0 Å². The highest BCUT2D eigenvalue weighted by Gasteiger charge is 2.17. The Morgan fingerprint density at radius 1 is 0.767 bits per heavy atom. The molecule has 0 saturated heterocycles. The summed E-state index contributed by atoms with van der Waals surface area (Å²) in [6.45, 7) is 2.89. The number of rotatable bonds is 8. The van der Waals surface area contributed by atoms with Crippen LogP contribution >= 0.6 is 0 Å². The van der Waals surface area contributed by atoms with E-state index in [-0.39, 0.29) is 5.78 Å². The normalized spacial score (nSPS) is 10.8. The third-order valence-corrected chi connectivity index (χ3v) is 5.37. The minimum absolute atomic E-state index is 0.0251. The average molecular weight is 395 g/mol. The van der Waals surface area contributed by atoms with Gasteiger partial charge in [-0.2, -0.15) is 0 Å². The summed E-state index contributed by atoms with van der Waals surface area (Å²) in [4.78, 5) is 13.5. The lowest BCUT2D eigenvalue weighted by Crippen LogP contribution is -2.04. The molecule has 0 aliphatic rings. The van der Waals surface area contributed by atoms with Crippen molar-refractivity contribution in [3.8, 4) is 16.9 Å². The topological polar surface area (TPSA) is 26.3 Å². The fourth-order valence-electron chi connectivity index (χ4n) is 3.78. The summed E-state index contributed by atoms with van der Waals surface area (Å²) in [7, 11) is 0. The van der Waals surface area contributed by atoms with Gasteiger partial charge in [0.05, 0.1) is 6.61 Å². The Balaban J connectivity index is 1.68. The first-order chi connectivity index (χ1) is 14.8. The fraction of sp³-hybridized carbons (Fsp3) is 0.179. The molecule has 0 bridgehead atoms. The number of carbonyl (C=O) groups is 1. The van der Waals surface area contributed by atoms with Gasteiger partial charge in [0.25, 0.3) is 0 Å². The highest BCUT2D eigenvalue weighted by molar-refractivity contribution is 6.17. The van der Waals surface area contributed by atoms with E-state index in [1.165, 1.54) is 12.8 Å². The van der Waals surface area contributed by atoms with Crippen molar-refractivity contribution in [1.82, 2.24) is 0 Å². The second kappa shape index (κ2) is 9.41. The smallest absolute Gasteiger partial charge is 0.193 e. The van der Waals surface area contributed by atoms with Crippen molar-refractivity contribution >= 4 is 16.6 Å². The number of fused-ring (bicyclic) bond motifs is 1. The summed E-state index contributed by atoms with van der Waals surface area (Å²) in [5.41, 5.74) is 3.42. The molecule has 0 heterocycles. The minimum atomic E-state index is 0.0251. The Kier molecular flexibility index (Phi) is 6.24. The average Bonchev–Trinajstić information content (AvgIpc) is 2.81. The van der Waals surface area contributed by atoms with Gasteiger partial charge in [-0.3, -0.25) is 4.79 Å². The van der Waals surface area contributed by atoms with Crippen LogP contribution in [0.15, 0.2) is 91.0 Å². The molecule has 0 aromatic heterocycles. The Bertz CT molecular complexity index is 1130. The second-order valence-corrected chi connectivity index (χ2v) is 7.48. The zero-order chi connectivity index (χ0) is 20.8. The van der Waals surface area contributed by atoms with Gasteiger partial charge in [-0.05, 0) is 53.1 Å². The van der Waals surface area contributed by atoms with Crippen LogP contribution < -0.4 is 4.74 Å². The van der Waals surface area contributed by atoms with E-state index in [2.05, 4.69) is 31.2 Å². The predicted octanol–water partition coefficient (Wildman–Crippen LogP) is 7.31. The molecule has 0 atom stereocenters. The number of ether oxygens (including phenoxy) is 1. The highest BCUT2D eigenvalue weighted by atomic mass is 16.5. The van der Waals surface area contributed by atoms with E-state index in [1.54, 1.807) is 0 Å². The molecule has 30 heavy (non-hydrogen) atoms. The molecule has 150 valence electrons. The van der Waals surface area contributed by atoms with Crippen molar-refractivity contribution in [3.05, 3.63) is 102 Å². The van der Waals surface area contributed by atoms with E-state index in [9.17, 15) is 4.79 Å². The number of benzene rings is 4. The highest BCUT2D eigenvalue weighted by Crippen LogP contribution is 2.33. The molecule has 0 fully saturated rings. The zero-order valence-corrected chi connectivity index (χ0v) is 17.3. The number of unbranched alkanes of at least 4 members (excludes halogenated alkanes) is 2. The van der Waals surface area contributed by atoms with Crippen LogP contribution in [-0.2, 0) is 0 Å². The van der Waals surface area contributed by atoms with E-state index >= 15 is 0 Å². The van der Waals surface area contributed by atoms with Crippen molar-refractivity contribution in [2.75, 3.05) is 6.61 Å². The van der Waals surface area contributed by atoms with Gasteiger partial charge in [-0.15, -0.1) is 0 Å². The van der Waals surface area contributed by atoms with Gasteiger partial charge in [0.15, 0.2) is 5.78 Å². The largest absolute Gasteiger partial charge is 0.494 e. The molecule has 2 heteroatoms. The summed E-state index contributed by atoms with van der Waals surface area (Å²) in [6, 6.07) is 29.8. The Morgan fingerprint density at radius 2 is 1.50 bits per heavy atom. The van der Waals surface area contributed by atoms with Crippen LogP contribution in [0.1, 0.15) is 42.1 Å². The van der Waals surface area contributed by atoms with Crippen LogP contribution in [0.25, 0.3) is 21.9 Å². The van der Waals surface area contributed by atoms with Gasteiger partial charge in [-0.1, -0.05) is 80.4 Å². The Labute approximate surface area is 178 Å². The molecule has 4 aromatic carbocycles. The molecule has 4 rings (SSSR count). The third-order valence-electron chi connectivity index (χ3n) is 5.37. The Morgan fingerprint density at radius 3 is 2.27 bits per heavy atom. The summed E-state index contributed by atoms with van der Waals surface area (Å²) in [5, 5.41) is 2.22. The second-order valence-electron chi connectivity index (χ2n) is 7.48. The van der Waals surface area contributed by atoms with Crippen LogP contribution in [0, 0.1) is 0 Å². The first-order valence-electron chi connectivity index (χ1n) is 10.6. The van der Waals surface area contributed by atoms with Gasteiger partial charge in [0.2, 0.25) is 0 Å². The summed E-state index contributed by atoms with van der Waals surface area (Å²) in [6.07, 6.45) is 3.39. The summed E-state index contributed by atoms with van der Waals surface area (Å²) in [5.74, 6) is 0.835. The first kappa shape index (κ1) is 19.9. The van der Waals surface area contributed by atoms with E-state index in [1.807, 2.05) is 66.7 Å². The van der Waals surface area contributed by atoms with E-state index in [4.69, 9.17) is 4.74 Å². The molecule has 0 amide bonds. The quantitative estimate of drug-likeness (QED) is 0.231. The number of hydrogen-bond acceptors (Lipinski definition) is 2. The number of carbonyl (C=O) groups excluding carboxylic acids is 1. The molecule has 0 saturated carbocycles. The van der Waals surface area contributed by atoms with Gasteiger partial charge >= 0.3 is 0 Å². The molecule has 0 radical (unpaired) electrons. The SMILES string of the molecule is CCCCCOc1ccc(C(=O)c2ccc3ccccc3c2-c2ccccc2)cc1. The van der Waals surface area contributed by atoms with Crippen LogP contribution in [0.3, 0.4) is 0 Å². The lowest BCUT2D eigenvalue weighted by Gasteiger charge is -2.13. The Hall–Kier alpha value is -3.39. The van der Waals surface area contributed by atoms with Crippen molar-refractivity contribution in [3.63, 3.8) is 0 Å². The van der Waals surface area contributed by atoms with E-state index < -0.39 is 0 Å². The van der Waals surface area contributed by atoms with Crippen LogP contribution in [0.2, 0.25) is 0 Å². The number of ketones is 1. The predicted molar refractivity (Wildman–Crippen MR) is 124 cm³/mol. The molecule has 2 nitrogen and oxygen atoms in total.